The standard InChI is InChI=1S/C16H16FN3OS/c1-11(14-5-3-4-6-15(14)17)19-20-16(22)18-12-7-9-13(21-2)10-8-12/h3-10H,1-2H3,(H2,18,20,22)/b19-11+. The summed E-state index contributed by atoms with van der Waals surface area (Å²) in [6.45, 7) is 1.71. The molecule has 6 heteroatoms. The van der Waals surface area contributed by atoms with Crippen molar-refractivity contribution < 1.29 is 9.13 Å². The Balaban J connectivity index is 1.97. The van der Waals surface area contributed by atoms with Gasteiger partial charge < -0.3 is 10.1 Å². The predicted octanol–water partition coefficient (Wildman–Crippen LogP) is 3.54. The maximum atomic E-state index is 13.6. The zero-order valence-corrected chi connectivity index (χ0v) is 13.1. The van der Waals surface area contributed by atoms with E-state index in [9.17, 15) is 4.39 Å². The number of methoxy groups -OCH3 is 1. The number of ether oxygens (including phenoxy) is 1. The predicted molar refractivity (Wildman–Crippen MR) is 91.0 cm³/mol. The Morgan fingerprint density at radius 2 is 1.82 bits per heavy atom. The number of anilines is 1. The Morgan fingerprint density at radius 3 is 2.45 bits per heavy atom. The number of nitrogens with zero attached hydrogens (tertiary/aromatic N) is 1. The highest BCUT2D eigenvalue weighted by Crippen LogP contribution is 2.14. The number of hydrogen-bond acceptors (Lipinski definition) is 3. The van der Waals surface area contributed by atoms with Gasteiger partial charge in [-0.25, -0.2) is 4.39 Å². The number of nitrogens with one attached hydrogen (secondary N) is 2. The van der Waals surface area contributed by atoms with Gasteiger partial charge >= 0.3 is 0 Å². The van der Waals surface area contributed by atoms with Crippen molar-refractivity contribution >= 4 is 28.7 Å². The first kappa shape index (κ1) is 15.9. The van der Waals surface area contributed by atoms with Crippen LogP contribution in [0.2, 0.25) is 0 Å². The van der Waals surface area contributed by atoms with Crippen molar-refractivity contribution in [2.24, 2.45) is 5.10 Å². The number of hydrazone groups is 1. The van der Waals surface area contributed by atoms with Crippen LogP contribution in [0.25, 0.3) is 0 Å². The van der Waals surface area contributed by atoms with Crippen molar-refractivity contribution in [3.8, 4) is 5.75 Å². The third-order valence-corrected chi connectivity index (χ3v) is 3.13. The zero-order valence-electron chi connectivity index (χ0n) is 12.3. The molecule has 2 rings (SSSR count). The largest absolute Gasteiger partial charge is 0.497 e. The lowest BCUT2D eigenvalue weighted by Crippen LogP contribution is -2.25. The second-order valence-corrected chi connectivity index (χ2v) is 4.88. The van der Waals surface area contributed by atoms with Crippen LogP contribution < -0.4 is 15.5 Å². The van der Waals surface area contributed by atoms with E-state index in [1.54, 1.807) is 32.2 Å². The topological polar surface area (TPSA) is 45.6 Å². The molecule has 0 radical (unpaired) electrons. The molecular weight excluding hydrogens is 301 g/mol. The lowest BCUT2D eigenvalue weighted by Gasteiger charge is -2.09. The van der Waals surface area contributed by atoms with E-state index in [2.05, 4.69) is 15.8 Å². The molecule has 0 aliphatic rings. The summed E-state index contributed by atoms with van der Waals surface area (Å²) in [5, 5.41) is 7.38. The molecule has 0 atom stereocenters. The van der Waals surface area contributed by atoms with Gasteiger partial charge in [-0.2, -0.15) is 5.10 Å². The summed E-state index contributed by atoms with van der Waals surface area (Å²) in [6.07, 6.45) is 0. The van der Waals surface area contributed by atoms with Gasteiger partial charge in [-0.05, 0) is 49.5 Å². The number of thiocarbonyl (C=S) groups is 1. The van der Waals surface area contributed by atoms with Gasteiger partial charge in [0.05, 0.1) is 12.8 Å². The molecule has 0 aliphatic heterocycles. The molecule has 4 nitrogen and oxygen atoms in total. The van der Waals surface area contributed by atoms with Crippen LogP contribution in [0, 0.1) is 5.82 Å². The van der Waals surface area contributed by atoms with Crippen LogP contribution in [-0.2, 0) is 0 Å². The Morgan fingerprint density at radius 1 is 1.14 bits per heavy atom. The van der Waals surface area contributed by atoms with Crippen LogP contribution in [0.15, 0.2) is 53.6 Å². The minimum Gasteiger partial charge on any atom is -0.497 e. The van der Waals surface area contributed by atoms with E-state index in [1.165, 1.54) is 6.07 Å². The molecule has 0 saturated carbocycles. The average Bonchev–Trinajstić information content (AvgIpc) is 2.54. The summed E-state index contributed by atoms with van der Waals surface area (Å²) >= 11 is 5.14. The van der Waals surface area contributed by atoms with Gasteiger partial charge in [0.25, 0.3) is 0 Å². The van der Waals surface area contributed by atoms with Crippen LogP contribution in [-0.4, -0.2) is 17.9 Å². The highest BCUT2D eigenvalue weighted by Gasteiger charge is 2.04. The maximum Gasteiger partial charge on any atom is 0.191 e. The van der Waals surface area contributed by atoms with E-state index in [-0.39, 0.29) is 5.82 Å². The van der Waals surface area contributed by atoms with Crippen molar-refractivity contribution in [1.29, 1.82) is 0 Å². The highest BCUT2D eigenvalue weighted by atomic mass is 32.1. The van der Waals surface area contributed by atoms with E-state index in [4.69, 9.17) is 17.0 Å². The maximum absolute atomic E-state index is 13.6. The Bertz CT molecular complexity index is 686. The van der Waals surface area contributed by atoms with Gasteiger partial charge in [0.1, 0.15) is 11.6 Å². The minimum absolute atomic E-state index is 0.320. The van der Waals surface area contributed by atoms with Crippen molar-refractivity contribution in [2.45, 2.75) is 6.92 Å². The second-order valence-electron chi connectivity index (χ2n) is 4.47. The monoisotopic (exact) mass is 317 g/mol. The molecule has 0 aliphatic carbocycles. The third-order valence-electron chi connectivity index (χ3n) is 2.94. The first-order valence-electron chi connectivity index (χ1n) is 6.60. The summed E-state index contributed by atoms with van der Waals surface area (Å²) in [7, 11) is 1.61. The van der Waals surface area contributed by atoms with Crippen molar-refractivity contribution in [3.63, 3.8) is 0 Å². The van der Waals surface area contributed by atoms with Gasteiger partial charge in [0, 0.05) is 11.3 Å². The van der Waals surface area contributed by atoms with E-state index >= 15 is 0 Å². The Hall–Kier alpha value is -2.47. The Labute approximate surface area is 134 Å². The number of hydrogen-bond donors (Lipinski definition) is 2. The van der Waals surface area contributed by atoms with Crippen molar-refractivity contribution in [3.05, 3.63) is 59.9 Å². The van der Waals surface area contributed by atoms with Crippen LogP contribution in [0.4, 0.5) is 10.1 Å². The fraction of sp³-hybridized carbons (Fsp3) is 0.125. The summed E-state index contributed by atoms with van der Waals surface area (Å²) in [4.78, 5) is 0. The number of rotatable bonds is 4. The van der Waals surface area contributed by atoms with E-state index in [0.717, 1.165) is 11.4 Å². The van der Waals surface area contributed by atoms with E-state index in [0.29, 0.717) is 16.4 Å². The number of halogens is 1. The van der Waals surface area contributed by atoms with Crippen LogP contribution in [0.1, 0.15) is 12.5 Å². The Kier molecular flexibility index (Phi) is 5.43. The fourth-order valence-electron chi connectivity index (χ4n) is 1.78. The van der Waals surface area contributed by atoms with Crippen molar-refractivity contribution in [1.82, 2.24) is 5.43 Å². The SMILES string of the molecule is COc1ccc(NC(=S)N/N=C(\C)c2ccccc2F)cc1. The minimum atomic E-state index is -0.320. The van der Waals surface area contributed by atoms with Gasteiger partial charge in [0.15, 0.2) is 5.11 Å². The summed E-state index contributed by atoms with van der Waals surface area (Å²) in [6, 6.07) is 13.7. The van der Waals surface area contributed by atoms with E-state index < -0.39 is 0 Å². The van der Waals surface area contributed by atoms with E-state index in [1.807, 2.05) is 24.3 Å². The van der Waals surface area contributed by atoms with Gasteiger partial charge in [-0.15, -0.1) is 0 Å². The zero-order chi connectivity index (χ0) is 15.9. The molecule has 0 heterocycles. The van der Waals surface area contributed by atoms with Crippen molar-refractivity contribution in [2.75, 3.05) is 12.4 Å². The lowest BCUT2D eigenvalue weighted by molar-refractivity contribution is 0.415. The molecule has 0 bridgehead atoms. The van der Waals surface area contributed by atoms with Gasteiger partial charge in [0.2, 0.25) is 0 Å². The summed E-state index contributed by atoms with van der Waals surface area (Å²) < 4.78 is 18.7. The molecule has 0 unspecified atom stereocenters. The van der Waals surface area contributed by atoms with Gasteiger partial charge in [-0.1, -0.05) is 18.2 Å². The van der Waals surface area contributed by atoms with Crippen LogP contribution >= 0.6 is 12.2 Å². The molecule has 114 valence electrons. The van der Waals surface area contributed by atoms with Crippen LogP contribution in [0.5, 0.6) is 5.75 Å². The molecule has 2 N–H and O–H groups in total. The molecular formula is C16H16FN3OS. The fourth-order valence-corrected chi connectivity index (χ4v) is 1.95. The molecule has 0 spiro atoms. The molecule has 0 amide bonds. The average molecular weight is 317 g/mol. The third kappa shape index (κ3) is 4.26. The second kappa shape index (κ2) is 7.51. The summed E-state index contributed by atoms with van der Waals surface area (Å²) in [5.41, 5.74) is 4.44. The number of benzene rings is 2. The molecule has 2 aromatic rings. The molecule has 0 fully saturated rings. The van der Waals surface area contributed by atoms with Crippen LogP contribution in [0.3, 0.4) is 0 Å². The smallest absolute Gasteiger partial charge is 0.191 e. The summed E-state index contributed by atoms with van der Waals surface area (Å²) in [5.74, 6) is 0.442. The molecule has 22 heavy (non-hydrogen) atoms. The molecule has 0 aromatic heterocycles. The quantitative estimate of drug-likeness (QED) is 0.514. The lowest BCUT2D eigenvalue weighted by atomic mass is 10.1. The molecule has 2 aromatic carbocycles. The molecule has 0 saturated heterocycles. The first-order valence-corrected chi connectivity index (χ1v) is 7.01. The normalized spacial score (nSPS) is 11.0. The van der Waals surface area contributed by atoms with Gasteiger partial charge in [-0.3, -0.25) is 5.43 Å². The first-order chi connectivity index (χ1) is 10.6. The highest BCUT2D eigenvalue weighted by molar-refractivity contribution is 7.80.